The first kappa shape index (κ1) is 9.55. The smallest absolute Gasteiger partial charge is 0.0467 e. The summed E-state index contributed by atoms with van der Waals surface area (Å²) in [6.45, 7) is 4.07. The molecule has 0 saturated carbocycles. The number of aryl methyl sites for hydroxylation is 2. The number of anilines is 2. The van der Waals surface area contributed by atoms with Crippen LogP contribution in [0.4, 0.5) is 11.4 Å². The van der Waals surface area contributed by atoms with Gasteiger partial charge >= 0.3 is 0 Å². The molecule has 0 spiro atoms. The van der Waals surface area contributed by atoms with Crippen LogP contribution in [0.1, 0.15) is 9.75 Å². The fourth-order valence-corrected chi connectivity index (χ4v) is 3.19. The second-order valence-corrected chi connectivity index (χ2v) is 5.76. The summed E-state index contributed by atoms with van der Waals surface area (Å²) in [7, 11) is 0. The van der Waals surface area contributed by atoms with Gasteiger partial charge < -0.3 is 11.5 Å². The minimum atomic E-state index is 0.870. The number of nitrogens with two attached hydrogens (primary N) is 2. The molecule has 2 aromatic heterocycles. The van der Waals surface area contributed by atoms with Crippen LogP contribution >= 0.6 is 22.7 Å². The van der Waals surface area contributed by atoms with Crippen molar-refractivity contribution >= 4 is 34.0 Å². The van der Waals surface area contributed by atoms with Crippen LogP contribution in [-0.4, -0.2) is 0 Å². The van der Waals surface area contributed by atoms with E-state index < -0.39 is 0 Å². The summed E-state index contributed by atoms with van der Waals surface area (Å²) in [4.78, 5) is 4.77. The normalized spacial score (nSPS) is 10.7. The highest BCUT2D eigenvalue weighted by Crippen LogP contribution is 2.38. The van der Waals surface area contributed by atoms with Gasteiger partial charge in [-0.1, -0.05) is 0 Å². The fourth-order valence-electron chi connectivity index (χ4n) is 1.24. The monoisotopic (exact) mass is 224 g/mol. The third kappa shape index (κ3) is 1.51. The van der Waals surface area contributed by atoms with Gasteiger partial charge in [0, 0.05) is 30.9 Å². The summed E-state index contributed by atoms with van der Waals surface area (Å²) in [5, 5.41) is 0. The van der Waals surface area contributed by atoms with E-state index in [-0.39, 0.29) is 0 Å². The second kappa shape index (κ2) is 3.29. The molecule has 0 aliphatic carbocycles. The highest BCUT2D eigenvalue weighted by Gasteiger charge is 2.08. The molecule has 4 N–H and O–H groups in total. The molecule has 0 bridgehead atoms. The molecule has 0 aliphatic rings. The lowest BCUT2D eigenvalue weighted by Crippen LogP contribution is -1.80. The predicted octanol–water partition coefficient (Wildman–Crippen LogP) is 3.26. The first-order valence-corrected chi connectivity index (χ1v) is 5.93. The highest BCUT2D eigenvalue weighted by atomic mass is 32.1. The number of hydrogen-bond donors (Lipinski definition) is 2. The van der Waals surface area contributed by atoms with E-state index in [0.29, 0.717) is 0 Å². The average molecular weight is 224 g/mol. The SMILES string of the molecule is Cc1sc(-c2cc(N)c(C)s2)cc1N. The van der Waals surface area contributed by atoms with Gasteiger partial charge in [0.15, 0.2) is 0 Å². The van der Waals surface area contributed by atoms with Gasteiger partial charge in [-0.25, -0.2) is 0 Å². The van der Waals surface area contributed by atoms with Crippen LogP contribution in [-0.2, 0) is 0 Å². The molecule has 4 heteroatoms. The first-order chi connectivity index (χ1) is 6.58. The topological polar surface area (TPSA) is 52.0 Å². The number of rotatable bonds is 1. The second-order valence-electron chi connectivity index (χ2n) is 3.24. The Hall–Kier alpha value is -1.00. The standard InChI is InChI=1S/C10H12N2S2/c1-5-7(11)3-9(13-5)10-4-8(12)6(2)14-10/h3-4H,11-12H2,1-2H3. The molecule has 2 aromatic rings. The third-order valence-corrected chi connectivity index (χ3v) is 4.48. The molecule has 0 radical (unpaired) electrons. The molecule has 0 atom stereocenters. The Bertz CT molecular complexity index is 385. The molecule has 0 saturated heterocycles. The van der Waals surface area contributed by atoms with Gasteiger partial charge in [-0.2, -0.15) is 0 Å². The van der Waals surface area contributed by atoms with Crippen molar-refractivity contribution in [3.63, 3.8) is 0 Å². The van der Waals surface area contributed by atoms with Crippen LogP contribution < -0.4 is 11.5 Å². The van der Waals surface area contributed by atoms with Crippen molar-refractivity contribution in [2.75, 3.05) is 11.5 Å². The van der Waals surface area contributed by atoms with Crippen LogP contribution in [0.2, 0.25) is 0 Å². The van der Waals surface area contributed by atoms with Gasteiger partial charge in [-0.15, -0.1) is 22.7 Å². The summed E-state index contributed by atoms with van der Waals surface area (Å²) in [6.07, 6.45) is 0. The van der Waals surface area contributed by atoms with Crippen LogP contribution in [0.5, 0.6) is 0 Å². The molecule has 2 rings (SSSR count). The first-order valence-electron chi connectivity index (χ1n) is 4.30. The van der Waals surface area contributed by atoms with Crippen molar-refractivity contribution in [3.8, 4) is 9.75 Å². The highest BCUT2D eigenvalue weighted by molar-refractivity contribution is 7.22. The molecular weight excluding hydrogens is 212 g/mol. The molecular formula is C10H12N2S2. The van der Waals surface area contributed by atoms with Crippen molar-refractivity contribution in [1.82, 2.24) is 0 Å². The third-order valence-electron chi connectivity index (χ3n) is 2.16. The van der Waals surface area contributed by atoms with Crippen LogP contribution in [0, 0.1) is 13.8 Å². The van der Waals surface area contributed by atoms with Crippen molar-refractivity contribution in [1.29, 1.82) is 0 Å². The van der Waals surface area contributed by atoms with E-state index in [1.54, 1.807) is 22.7 Å². The molecule has 14 heavy (non-hydrogen) atoms. The minimum absolute atomic E-state index is 0.870. The summed E-state index contributed by atoms with van der Waals surface area (Å²) in [5.41, 5.74) is 13.4. The summed E-state index contributed by atoms with van der Waals surface area (Å²) in [6, 6.07) is 4.04. The van der Waals surface area contributed by atoms with E-state index in [0.717, 1.165) is 11.4 Å². The van der Waals surface area contributed by atoms with Gasteiger partial charge in [0.2, 0.25) is 0 Å². The van der Waals surface area contributed by atoms with E-state index >= 15 is 0 Å². The largest absolute Gasteiger partial charge is 0.398 e. The summed E-state index contributed by atoms with van der Waals surface area (Å²) < 4.78 is 0. The number of nitrogen functional groups attached to an aromatic ring is 2. The molecule has 74 valence electrons. The number of hydrogen-bond acceptors (Lipinski definition) is 4. The van der Waals surface area contributed by atoms with E-state index in [1.165, 1.54) is 19.5 Å². The van der Waals surface area contributed by atoms with E-state index in [4.69, 9.17) is 11.5 Å². The summed E-state index contributed by atoms with van der Waals surface area (Å²) >= 11 is 3.44. The minimum Gasteiger partial charge on any atom is -0.398 e. The van der Waals surface area contributed by atoms with Gasteiger partial charge in [-0.3, -0.25) is 0 Å². The molecule has 0 fully saturated rings. The zero-order chi connectivity index (χ0) is 10.3. The quantitative estimate of drug-likeness (QED) is 0.781. The lowest BCUT2D eigenvalue weighted by Gasteiger charge is -1.86. The number of thiophene rings is 2. The Labute approximate surface area is 91.2 Å². The average Bonchev–Trinajstić information content (AvgIpc) is 2.60. The van der Waals surface area contributed by atoms with Gasteiger partial charge in [0.1, 0.15) is 0 Å². The molecule has 0 aliphatic heterocycles. The van der Waals surface area contributed by atoms with E-state index in [2.05, 4.69) is 0 Å². The zero-order valence-corrected chi connectivity index (χ0v) is 9.76. The Morgan fingerprint density at radius 3 is 1.43 bits per heavy atom. The Kier molecular flexibility index (Phi) is 2.25. The van der Waals surface area contributed by atoms with E-state index in [1.807, 2.05) is 26.0 Å². The van der Waals surface area contributed by atoms with Crippen molar-refractivity contribution in [2.24, 2.45) is 0 Å². The lowest BCUT2D eigenvalue weighted by atomic mass is 10.3. The maximum absolute atomic E-state index is 5.81. The molecule has 2 heterocycles. The fraction of sp³-hybridized carbons (Fsp3) is 0.200. The summed E-state index contributed by atoms with van der Waals surface area (Å²) in [5.74, 6) is 0. The Morgan fingerprint density at radius 1 is 0.857 bits per heavy atom. The van der Waals surface area contributed by atoms with Crippen molar-refractivity contribution in [3.05, 3.63) is 21.9 Å². The molecule has 0 amide bonds. The Morgan fingerprint density at radius 2 is 1.21 bits per heavy atom. The molecule has 2 nitrogen and oxygen atoms in total. The zero-order valence-electron chi connectivity index (χ0n) is 8.13. The molecule has 0 unspecified atom stereocenters. The van der Waals surface area contributed by atoms with Crippen molar-refractivity contribution in [2.45, 2.75) is 13.8 Å². The van der Waals surface area contributed by atoms with Gasteiger partial charge in [-0.05, 0) is 26.0 Å². The van der Waals surface area contributed by atoms with Crippen LogP contribution in [0.3, 0.4) is 0 Å². The lowest BCUT2D eigenvalue weighted by molar-refractivity contribution is 1.62. The van der Waals surface area contributed by atoms with E-state index in [9.17, 15) is 0 Å². The van der Waals surface area contributed by atoms with Crippen LogP contribution in [0.15, 0.2) is 12.1 Å². The predicted molar refractivity (Wildman–Crippen MR) is 65.9 cm³/mol. The van der Waals surface area contributed by atoms with Gasteiger partial charge in [0.05, 0.1) is 0 Å². The maximum Gasteiger partial charge on any atom is 0.0467 e. The Balaban J connectivity index is 2.49. The van der Waals surface area contributed by atoms with Crippen molar-refractivity contribution < 1.29 is 0 Å². The molecule has 0 aromatic carbocycles. The van der Waals surface area contributed by atoms with Crippen LogP contribution in [0.25, 0.3) is 9.75 Å². The van der Waals surface area contributed by atoms with Gasteiger partial charge in [0.25, 0.3) is 0 Å². The maximum atomic E-state index is 5.81.